The van der Waals surface area contributed by atoms with Crippen LogP contribution < -0.4 is 4.90 Å². The van der Waals surface area contributed by atoms with Crippen molar-refractivity contribution in [3.05, 3.63) is 168 Å². The fourth-order valence-electron chi connectivity index (χ4n) is 7.87. The van der Waals surface area contributed by atoms with Crippen molar-refractivity contribution in [1.29, 1.82) is 0 Å². The first-order valence-electron chi connectivity index (χ1n) is 17.0. The Labute approximate surface area is 287 Å². The van der Waals surface area contributed by atoms with Gasteiger partial charge in [0.15, 0.2) is 17.5 Å². The van der Waals surface area contributed by atoms with Crippen molar-refractivity contribution in [2.75, 3.05) is 4.90 Å². The number of para-hydroxylation sites is 1. The Bertz CT molecular complexity index is 2320. The predicted molar refractivity (Wildman–Crippen MR) is 201 cm³/mol. The van der Waals surface area contributed by atoms with Crippen molar-refractivity contribution in [1.82, 2.24) is 15.0 Å². The van der Waals surface area contributed by atoms with Gasteiger partial charge >= 0.3 is 0 Å². The second kappa shape index (κ2) is 10.8. The van der Waals surface area contributed by atoms with Crippen molar-refractivity contribution in [3.8, 4) is 45.3 Å². The zero-order valence-electron chi connectivity index (χ0n) is 28.1. The second-order valence-electron chi connectivity index (χ2n) is 14.1. The summed E-state index contributed by atoms with van der Waals surface area (Å²) in [5.74, 6) is 1.97. The van der Waals surface area contributed by atoms with Gasteiger partial charge in [0.1, 0.15) is 0 Å². The van der Waals surface area contributed by atoms with Gasteiger partial charge in [-0.3, -0.25) is 0 Å². The average Bonchev–Trinajstić information content (AvgIpc) is 3.37. The largest absolute Gasteiger partial charge is 0.310 e. The van der Waals surface area contributed by atoms with Gasteiger partial charge < -0.3 is 4.90 Å². The molecule has 0 fully saturated rings. The minimum Gasteiger partial charge on any atom is -0.310 e. The van der Waals surface area contributed by atoms with E-state index in [4.69, 9.17) is 15.0 Å². The van der Waals surface area contributed by atoms with Crippen LogP contribution in [0.1, 0.15) is 49.9 Å². The summed E-state index contributed by atoms with van der Waals surface area (Å²) in [5.41, 5.74) is 14.2. The molecule has 9 rings (SSSR count). The standard InChI is InChI=1S/C45H36N4/c1-44(2)35-20-12-11-19-33(35)34-27-38-40(28-37(34)44)49(39-22-14-13-21-36(39)45(38,3)4)32-25-23-31(24-26-32)43-47-41(29-15-7-5-8-16-29)46-42(48-43)30-17-9-6-10-18-30/h5-28H,1-4H3. The molecular weight excluding hydrogens is 597 g/mol. The molecule has 0 atom stereocenters. The highest BCUT2D eigenvalue weighted by Gasteiger charge is 2.42. The van der Waals surface area contributed by atoms with Crippen LogP contribution in [0.4, 0.5) is 17.1 Å². The smallest absolute Gasteiger partial charge is 0.164 e. The molecule has 0 saturated carbocycles. The average molecular weight is 633 g/mol. The maximum atomic E-state index is 4.97. The van der Waals surface area contributed by atoms with E-state index in [0.29, 0.717) is 17.5 Å². The summed E-state index contributed by atoms with van der Waals surface area (Å²) in [6.45, 7) is 9.43. The fourth-order valence-corrected chi connectivity index (χ4v) is 7.87. The van der Waals surface area contributed by atoms with E-state index < -0.39 is 0 Å². The number of hydrogen-bond donors (Lipinski definition) is 0. The molecule has 236 valence electrons. The third kappa shape index (κ3) is 4.55. The second-order valence-corrected chi connectivity index (χ2v) is 14.1. The van der Waals surface area contributed by atoms with Gasteiger partial charge in [0.2, 0.25) is 0 Å². The van der Waals surface area contributed by atoms with E-state index in [9.17, 15) is 0 Å². The molecular formula is C45H36N4. The summed E-state index contributed by atoms with van der Waals surface area (Å²) in [4.78, 5) is 17.3. The molecule has 2 aliphatic rings. The summed E-state index contributed by atoms with van der Waals surface area (Å²) < 4.78 is 0. The molecule has 2 heterocycles. The molecule has 4 heteroatoms. The van der Waals surface area contributed by atoms with Gasteiger partial charge in [0.25, 0.3) is 0 Å². The quantitative estimate of drug-likeness (QED) is 0.194. The summed E-state index contributed by atoms with van der Waals surface area (Å²) in [6, 6.07) is 51.6. The predicted octanol–water partition coefficient (Wildman–Crippen LogP) is 11.3. The van der Waals surface area contributed by atoms with Gasteiger partial charge in [-0.2, -0.15) is 0 Å². The Kier molecular flexibility index (Phi) is 6.47. The molecule has 0 amide bonds. The van der Waals surface area contributed by atoms with E-state index in [1.54, 1.807) is 0 Å². The molecule has 1 aliphatic carbocycles. The summed E-state index contributed by atoms with van der Waals surface area (Å²) in [5, 5.41) is 0. The van der Waals surface area contributed by atoms with Crippen molar-refractivity contribution >= 4 is 17.1 Å². The Hall–Kier alpha value is -5.87. The zero-order chi connectivity index (χ0) is 33.3. The maximum Gasteiger partial charge on any atom is 0.164 e. The Morgan fingerprint density at radius 3 is 1.49 bits per heavy atom. The van der Waals surface area contributed by atoms with Crippen LogP contribution in [0.15, 0.2) is 146 Å². The first kappa shape index (κ1) is 29.3. The van der Waals surface area contributed by atoms with Crippen molar-refractivity contribution in [2.45, 2.75) is 38.5 Å². The van der Waals surface area contributed by atoms with Gasteiger partial charge in [-0.25, -0.2) is 15.0 Å². The fraction of sp³-hybridized carbons (Fsp3) is 0.133. The molecule has 0 unspecified atom stereocenters. The Balaban J connectivity index is 1.19. The van der Waals surface area contributed by atoms with E-state index in [-0.39, 0.29) is 10.8 Å². The molecule has 49 heavy (non-hydrogen) atoms. The summed E-state index contributed by atoms with van der Waals surface area (Å²) in [6.07, 6.45) is 0. The molecule has 0 spiro atoms. The van der Waals surface area contributed by atoms with Crippen LogP contribution in [0.25, 0.3) is 45.3 Å². The number of fused-ring (bicyclic) bond motifs is 5. The van der Waals surface area contributed by atoms with Crippen LogP contribution in [-0.2, 0) is 10.8 Å². The van der Waals surface area contributed by atoms with Crippen molar-refractivity contribution in [2.24, 2.45) is 0 Å². The van der Waals surface area contributed by atoms with Gasteiger partial charge in [0.05, 0.1) is 11.4 Å². The molecule has 6 aromatic carbocycles. The summed E-state index contributed by atoms with van der Waals surface area (Å²) in [7, 11) is 0. The summed E-state index contributed by atoms with van der Waals surface area (Å²) >= 11 is 0. The SMILES string of the molecule is CC1(C)c2ccccc2-c2cc3c(cc21)N(c1ccc(-c2nc(-c4ccccc4)nc(-c4ccccc4)n2)cc1)c1ccccc1C3(C)C. The molecule has 0 N–H and O–H groups in total. The third-order valence-corrected chi connectivity index (χ3v) is 10.5. The minimum atomic E-state index is -0.175. The third-order valence-electron chi connectivity index (χ3n) is 10.5. The number of rotatable bonds is 4. The van der Waals surface area contributed by atoms with Crippen LogP contribution in [0, 0.1) is 0 Å². The number of benzene rings is 6. The van der Waals surface area contributed by atoms with E-state index in [1.807, 2.05) is 60.7 Å². The van der Waals surface area contributed by atoms with Crippen LogP contribution in [-0.4, -0.2) is 15.0 Å². The number of anilines is 3. The normalized spacial score (nSPS) is 14.8. The Morgan fingerprint density at radius 1 is 0.388 bits per heavy atom. The van der Waals surface area contributed by atoms with Crippen LogP contribution in [0.2, 0.25) is 0 Å². The van der Waals surface area contributed by atoms with Gasteiger partial charge in [-0.15, -0.1) is 0 Å². The lowest BCUT2D eigenvalue weighted by Crippen LogP contribution is -2.31. The van der Waals surface area contributed by atoms with Gasteiger partial charge in [0, 0.05) is 33.2 Å². The highest BCUT2D eigenvalue weighted by molar-refractivity contribution is 5.91. The lowest BCUT2D eigenvalue weighted by atomic mass is 9.72. The lowest BCUT2D eigenvalue weighted by Gasteiger charge is -2.43. The first-order valence-corrected chi connectivity index (χ1v) is 17.0. The van der Waals surface area contributed by atoms with Crippen molar-refractivity contribution < 1.29 is 0 Å². The van der Waals surface area contributed by atoms with Crippen LogP contribution in [0.3, 0.4) is 0 Å². The molecule has 1 aromatic heterocycles. The van der Waals surface area contributed by atoms with Gasteiger partial charge in [-0.1, -0.05) is 131 Å². The lowest BCUT2D eigenvalue weighted by molar-refractivity contribution is 0.627. The molecule has 4 nitrogen and oxygen atoms in total. The molecule has 0 saturated heterocycles. The number of hydrogen-bond acceptors (Lipinski definition) is 4. The number of aromatic nitrogens is 3. The first-order chi connectivity index (χ1) is 23.8. The van der Waals surface area contributed by atoms with Gasteiger partial charge in [-0.05, 0) is 75.8 Å². The zero-order valence-corrected chi connectivity index (χ0v) is 28.1. The van der Waals surface area contributed by atoms with Crippen LogP contribution >= 0.6 is 0 Å². The topological polar surface area (TPSA) is 41.9 Å². The maximum absolute atomic E-state index is 4.97. The highest BCUT2D eigenvalue weighted by atomic mass is 15.2. The molecule has 0 radical (unpaired) electrons. The molecule has 7 aromatic rings. The highest BCUT2D eigenvalue weighted by Crippen LogP contribution is 2.57. The monoisotopic (exact) mass is 632 g/mol. The van der Waals surface area contributed by atoms with E-state index in [2.05, 4.69) is 118 Å². The number of nitrogens with zero attached hydrogens (tertiary/aromatic N) is 4. The molecule has 1 aliphatic heterocycles. The van der Waals surface area contributed by atoms with E-state index >= 15 is 0 Å². The van der Waals surface area contributed by atoms with Crippen molar-refractivity contribution in [3.63, 3.8) is 0 Å². The van der Waals surface area contributed by atoms with E-state index in [0.717, 1.165) is 22.4 Å². The van der Waals surface area contributed by atoms with Crippen LogP contribution in [0.5, 0.6) is 0 Å². The molecule has 0 bridgehead atoms. The van der Waals surface area contributed by atoms with E-state index in [1.165, 1.54) is 44.8 Å². The Morgan fingerprint density at radius 2 is 0.878 bits per heavy atom. The minimum absolute atomic E-state index is 0.0941.